The maximum absolute atomic E-state index is 10.1. The van der Waals surface area contributed by atoms with Gasteiger partial charge >= 0.3 is 0 Å². The van der Waals surface area contributed by atoms with Crippen LogP contribution in [0.25, 0.3) is 10.8 Å². The summed E-state index contributed by atoms with van der Waals surface area (Å²) in [5.74, 6) is 0.380. The molecule has 1 heterocycles. The molecule has 0 saturated heterocycles. The van der Waals surface area contributed by atoms with Crippen LogP contribution in [0.5, 0.6) is 5.75 Å². The predicted molar refractivity (Wildman–Crippen MR) is 77.1 cm³/mol. The number of hydrogen-bond donors (Lipinski definition) is 1. The highest BCUT2D eigenvalue weighted by Gasteiger charge is 2.21. The summed E-state index contributed by atoms with van der Waals surface area (Å²) in [5.41, 5.74) is 1.00. The van der Waals surface area contributed by atoms with Crippen LogP contribution < -0.4 is 0 Å². The summed E-state index contributed by atoms with van der Waals surface area (Å²) in [7, 11) is 2.16. The van der Waals surface area contributed by atoms with Gasteiger partial charge in [0.05, 0.1) is 0 Å². The van der Waals surface area contributed by atoms with Gasteiger partial charge in [0.2, 0.25) is 0 Å². The van der Waals surface area contributed by atoms with Crippen LogP contribution in [0.15, 0.2) is 30.6 Å². The monoisotopic (exact) mass is 256 g/mol. The van der Waals surface area contributed by atoms with E-state index in [0.29, 0.717) is 11.8 Å². The molecule has 0 unspecified atom stereocenters. The van der Waals surface area contributed by atoms with Gasteiger partial charge in [-0.1, -0.05) is 18.9 Å². The fourth-order valence-corrected chi connectivity index (χ4v) is 3.10. The molecule has 3 heteroatoms. The van der Waals surface area contributed by atoms with Gasteiger partial charge in [-0.2, -0.15) is 0 Å². The molecule has 1 aliphatic rings. The van der Waals surface area contributed by atoms with Crippen molar-refractivity contribution in [3.8, 4) is 5.75 Å². The van der Waals surface area contributed by atoms with E-state index < -0.39 is 0 Å². The third-order valence-corrected chi connectivity index (χ3v) is 4.27. The normalized spacial score (nSPS) is 16.5. The molecule has 1 aromatic carbocycles. The maximum Gasteiger partial charge on any atom is 0.120 e. The lowest BCUT2D eigenvalue weighted by Crippen LogP contribution is -2.28. The van der Waals surface area contributed by atoms with Gasteiger partial charge in [0.15, 0.2) is 0 Å². The third kappa shape index (κ3) is 2.43. The number of pyridine rings is 1. The Hall–Kier alpha value is -1.61. The number of hydrogen-bond acceptors (Lipinski definition) is 3. The van der Waals surface area contributed by atoms with Gasteiger partial charge in [-0.15, -0.1) is 0 Å². The molecular weight excluding hydrogens is 236 g/mol. The van der Waals surface area contributed by atoms with Crippen molar-refractivity contribution in [3.63, 3.8) is 0 Å². The van der Waals surface area contributed by atoms with Crippen LogP contribution >= 0.6 is 0 Å². The molecule has 3 nitrogen and oxygen atoms in total. The number of nitrogens with zero attached hydrogens (tertiary/aromatic N) is 2. The highest BCUT2D eigenvalue weighted by molar-refractivity contribution is 5.86. The highest BCUT2D eigenvalue weighted by atomic mass is 16.3. The summed E-state index contributed by atoms with van der Waals surface area (Å²) in [4.78, 5) is 6.56. The molecule has 100 valence electrons. The van der Waals surface area contributed by atoms with Crippen molar-refractivity contribution in [1.82, 2.24) is 9.88 Å². The van der Waals surface area contributed by atoms with Gasteiger partial charge in [-0.3, -0.25) is 9.88 Å². The maximum atomic E-state index is 10.1. The first-order chi connectivity index (χ1) is 9.25. The lowest BCUT2D eigenvalue weighted by molar-refractivity contribution is 0.235. The number of phenols is 1. The van der Waals surface area contributed by atoms with Crippen LogP contribution in [-0.4, -0.2) is 28.1 Å². The molecule has 0 spiro atoms. The number of phenolic OH excluding ortho intramolecular Hbond substituents is 1. The Labute approximate surface area is 113 Å². The van der Waals surface area contributed by atoms with E-state index in [1.54, 1.807) is 12.3 Å². The molecule has 3 rings (SSSR count). The van der Waals surface area contributed by atoms with Gasteiger partial charge in [-0.05, 0) is 37.4 Å². The highest BCUT2D eigenvalue weighted by Crippen LogP contribution is 2.30. The van der Waals surface area contributed by atoms with E-state index >= 15 is 0 Å². The van der Waals surface area contributed by atoms with Crippen molar-refractivity contribution in [2.24, 2.45) is 0 Å². The second-order valence-corrected chi connectivity index (χ2v) is 5.51. The van der Waals surface area contributed by atoms with Crippen LogP contribution in [0.3, 0.4) is 0 Å². The largest absolute Gasteiger partial charge is 0.508 e. The zero-order valence-corrected chi connectivity index (χ0v) is 11.3. The van der Waals surface area contributed by atoms with Crippen molar-refractivity contribution in [1.29, 1.82) is 0 Å². The molecule has 1 N–H and O–H groups in total. The fraction of sp³-hybridized carbons (Fsp3) is 0.438. The van der Waals surface area contributed by atoms with E-state index in [1.165, 1.54) is 25.7 Å². The SMILES string of the molecule is CN(Cc1c(O)ccc2ccncc12)C1CCCC1. The third-order valence-electron chi connectivity index (χ3n) is 4.27. The Morgan fingerprint density at radius 1 is 1.26 bits per heavy atom. The molecule has 0 aliphatic heterocycles. The summed E-state index contributed by atoms with van der Waals surface area (Å²) in [6.45, 7) is 0.791. The van der Waals surface area contributed by atoms with Crippen molar-refractivity contribution < 1.29 is 5.11 Å². The zero-order valence-electron chi connectivity index (χ0n) is 11.3. The minimum Gasteiger partial charge on any atom is -0.508 e. The van der Waals surface area contributed by atoms with Crippen molar-refractivity contribution in [2.45, 2.75) is 38.3 Å². The first-order valence-electron chi connectivity index (χ1n) is 7.00. The average molecular weight is 256 g/mol. The lowest BCUT2D eigenvalue weighted by atomic mass is 10.0. The predicted octanol–water partition coefficient (Wildman–Crippen LogP) is 3.31. The topological polar surface area (TPSA) is 36.4 Å². The number of aromatic nitrogens is 1. The second-order valence-electron chi connectivity index (χ2n) is 5.51. The van der Waals surface area contributed by atoms with Gasteiger partial charge in [0.25, 0.3) is 0 Å². The zero-order chi connectivity index (χ0) is 13.2. The van der Waals surface area contributed by atoms with Crippen LogP contribution in [0.2, 0.25) is 0 Å². The van der Waals surface area contributed by atoms with Crippen LogP contribution in [0.1, 0.15) is 31.2 Å². The van der Waals surface area contributed by atoms with Crippen molar-refractivity contribution >= 4 is 10.8 Å². The van der Waals surface area contributed by atoms with Gasteiger partial charge in [-0.25, -0.2) is 0 Å². The standard InChI is InChI=1S/C16H20N2O/c1-18(13-4-2-3-5-13)11-15-14-10-17-9-8-12(14)6-7-16(15)19/h6-10,13,19H,2-5,11H2,1H3. The van der Waals surface area contributed by atoms with Crippen molar-refractivity contribution in [3.05, 3.63) is 36.2 Å². The summed E-state index contributed by atoms with van der Waals surface area (Å²) in [6.07, 6.45) is 8.87. The summed E-state index contributed by atoms with van der Waals surface area (Å²) in [5, 5.41) is 12.3. The van der Waals surface area contributed by atoms with E-state index in [2.05, 4.69) is 16.9 Å². The summed E-state index contributed by atoms with van der Waals surface area (Å²) >= 11 is 0. The van der Waals surface area contributed by atoms with Gasteiger partial charge in [0, 0.05) is 35.9 Å². The molecule has 2 aromatic rings. The fourth-order valence-electron chi connectivity index (χ4n) is 3.10. The smallest absolute Gasteiger partial charge is 0.120 e. The average Bonchev–Trinajstić information content (AvgIpc) is 2.96. The molecule has 1 aromatic heterocycles. The Balaban J connectivity index is 1.92. The first-order valence-corrected chi connectivity index (χ1v) is 7.00. The molecular formula is C16H20N2O. The molecule has 0 radical (unpaired) electrons. The van der Waals surface area contributed by atoms with Crippen LogP contribution in [0, 0.1) is 0 Å². The Morgan fingerprint density at radius 2 is 2.05 bits per heavy atom. The number of benzene rings is 1. The van der Waals surface area contributed by atoms with E-state index in [4.69, 9.17) is 0 Å². The molecule has 1 fully saturated rings. The Morgan fingerprint density at radius 3 is 2.84 bits per heavy atom. The molecule has 1 saturated carbocycles. The molecule has 19 heavy (non-hydrogen) atoms. The quantitative estimate of drug-likeness (QED) is 0.915. The van der Waals surface area contributed by atoms with E-state index in [-0.39, 0.29) is 0 Å². The Bertz CT molecular complexity index is 576. The van der Waals surface area contributed by atoms with Gasteiger partial charge in [0.1, 0.15) is 5.75 Å². The van der Waals surface area contributed by atoms with Crippen molar-refractivity contribution in [2.75, 3.05) is 7.05 Å². The van der Waals surface area contributed by atoms with E-state index in [9.17, 15) is 5.11 Å². The van der Waals surface area contributed by atoms with Crippen LogP contribution in [-0.2, 0) is 6.54 Å². The van der Waals surface area contributed by atoms with Gasteiger partial charge < -0.3 is 5.11 Å². The first kappa shape index (κ1) is 12.4. The molecule has 0 amide bonds. The summed E-state index contributed by atoms with van der Waals surface area (Å²) in [6, 6.07) is 6.39. The van der Waals surface area contributed by atoms with E-state index in [0.717, 1.165) is 22.9 Å². The van der Waals surface area contributed by atoms with E-state index in [1.807, 2.05) is 18.3 Å². The number of aromatic hydroxyl groups is 1. The summed E-state index contributed by atoms with van der Waals surface area (Å²) < 4.78 is 0. The number of rotatable bonds is 3. The van der Waals surface area contributed by atoms with Crippen LogP contribution in [0.4, 0.5) is 0 Å². The number of fused-ring (bicyclic) bond motifs is 1. The molecule has 0 atom stereocenters. The minimum atomic E-state index is 0.380. The lowest BCUT2D eigenvalue weighted by Gasteiger charge is -2.25. The molecule has 0 bridgehead atoms. The Kier molecular flexibility index (Phi) is 3.38. The minimum absolute atomic E-state index is 0.380. The second kappa shape index (κ2) is 5.17. The molecule has 1 aliphatic carbocycles.